The number of rotatable bonds is 7. The van der Waals surface area contributed by atoms with Gasteiger partial charge in [0.05, 0.1) is 24.2 Å². The maximum Gasteiger partial charge on any atom is 0.486 e. The van der Waals surface area contributed by atoms with Crippen LogP contribution >= 0.6 is 0 Å². The second kappa shape index (κ2) is 9.98. The predicted octanol–water partition coefficient (Wildman–Crippen LogP) is 5.66. The zero-order chi connectivity index (χ0) is 26.1. The van der Waals surface area contributed by atoms with E-state index in [0.717, 1.165) is 0 Å². The smallest absolute Gasteiger partial charge is 0.486 e. The lowest BCUT2D eigenvalue weighted by Gasteiger charge is -2.32. The summed E-state index contributed by atoms with van der Waals surface area (Å²) >= 11 is 0. The van der Waals surface area contributed by atoms with Crippen LogP contribution in [0.4, 0.5) is 22.0 Å². The lowest BCUT2D eigenvalue weighted by Crippen LogP contribution is -2.41. The molecule has 1 aliphatic rings. The van der Waals surface area contributed by atoms with Gasteiger partial charge in [0, 0.05) is 0 Å². The molecule has 0 N–H and O–H groups in total. The van der Waals surface area contributed by atoms with E-state index in [2.05, 4.69) is 0 Å². The lowest BCUT2D eigenvalue weighted by molar-refractivity contribution is -0.136. The van der Waals surface area contributed by atoms with Crippen LogP contribution in [0.2, 0.25) is 0 Å². The number of allylic oxidation sites excluding steroid dienone is 1. The summed E-state index contributed by atoms with van der Waals surface area (Å²) in [6, 6.07) is 6.13. The van der Waals surface area contributed by atoms with E-state index in [-0.39, 0.29) is 6.42 Å². The first-order chi connectivity index (χ1) is 16.3. The van der Waals surface area contributed by atoms with Gasteiger partial charge in [0.25, 0.3) is 0 Å². The number of carbonyl (C=O) groups is 1. The lowest BCUT2D eigenvalue weighted by atomic mass is 9.87. The normalized spacial score (nSPS) is 17.6. The fourth-order valence-electron chi connectivity index (χ4n) is 3.34. The van der Waals surface area contributed by atoms with Crippen molar-refractivity contribution in [3.63, 3.8) is 0 Å². The number of carbonyl (C=O) groups excluding carboxylic acids is 1. The minimum atomic E-state index is -2.35. The van der Waals surface area contributed by atoms with Crippen molar-refractivity contribution in [3.05, 3.63) is 71.0 Å². The van der Waals surface area contributed by atoms with Gasteiger partial charge in [-0.05, 0) is 51.8 Å². The summed E-state index contributed by atoms with van der Waals surface area (Å²) in [5.74, 6) is -13.3. The Kier molecular flexibility index (Phi) is 7.61. The van der Waals surface area contributed by atoms with Crippen LogP contribution in [0.1, 0.15) is 45.6 Å². The molecule has 0 bridgehead atoms. The third-order valence-electron chi connectivity index (χ3n) is 6.11. The average Bonchev–Trinajstić information content (AvgIpc) is 3.02. The first-order valence-corrected chi connectivity index (χ1v) is 10.7. The zero-order valence-corrected chi connectivity index (χ0v) is 19.8. The van der Waals surface area contributed by atoms with Crippen molar-refractivity contribution in [3.8, 4) is 11.5 Å². The molecule has 1 saturated heterocycles. The van der Waals surface area contributed by atoms with Crippen molar-refractivity contribution in [1.29, 1.82) is 0 Å². The molecule has 2 aromatic rings. The van der Waals surface area contributed by atoms with Crippen LogP contribution in [0, 0.1) is 29.1 Å². The number of hydrogen-bond acceptors (Lipinski definition) is 5. The van der Waals surface area contributed by atoms with E-state index in [0.29, 0.717) is 11.3 Å². The highest BCUT2D eigenvalue weighted by Crippen LogP contribution is 2.37. The fourth-order valence-corrected chi connectivity index (χ4v) is 3.34. The molecule has 11 heteroatoms. The van der Waals surface area contributed by atoms with Crippen molar-refractivity contribution in [1.82, 2.24) is 0 Å². The van der Waals surface area contributed by atoms with Gasteiger partial charge in [-0.15, -0.1) is 0 Å². The van der Waals surface area contributed by atoms with E-state index < -0.39 is 65.0 Å². The Morgan fingerprint density at radius 2 is 1.40 bits per heavy atom. The summed E-state index contributed by atoms with van der Waals surface area (Å²) < 4.78 is 90.1. The van der Waals surface area contributed by atoms with Gasteiger partial charge in [0.15, 0.2) is 0 Å². The van der Waals surface area contributed by atoms with Gasteiger partial charge in [-0.1, -0.05) is 24.2 Å². The summed E-state index contributed by atoms with van der Waals surface area (Å²) in [5.41, 5.74) is -0.831. The Labute approximate surface area is 200 Å². The molecular weight excluding hydrogens is 474 g/mol. The first-order valence-electron chi connectivity index (χ1n) is 10.7. The predicted molar refractivity (Wildman–Crippen MR) is 117 cm³/mol. The number of esters is 1. The number of halogens is 5. The van der Waals surface area contributed by atoms with Crippen LogP contribution < -0.4 is 9.47 Å². The van der Waals surface area contributed by atoms with Crippen LogP contribution in [-0.4, -0.2) is 31.4 Å². The topological polar surface area (TPSA) is 54.0 Å². The molecule has 5 nitrogen and oxygen atoms in total. The number of benzene rings is 2. The van der Waals surface area contributed by atoms with E-state index in [1.54, 1.807) is 24.2 Å². The fraction of sp³-hybridized carbons (Fsp3) is 0.375. The molecule has 0 unspecified atom stereocenters. The van der Waals surface area contributed by atoms with Crippen LogP contribution in [0.15, 0.2) is 36.3 Å². The van der Waals surface area contributed by atoms with E-state index >= 15 is 0 Å². The Hall–Kier alpha value is -2.92. The Morgan fingerprint density at radius 3 is 1.89 bits per heavy atom. The molecule has 0 aliphatic carbocycles. The highest BCUT2D eigenvalue weighted by atomic mass is 19.2. The number of methoxy groups -OCH3 is 1. The van der Waals surface area contributed by atoms with Gasteiger partial charge in [-0.25, -0.2) is 13.2 Å². The van der Waals surface area contributed by atoms with Crippen molar-refractivity contribution in [2.45, 2.75) is 51.2 Å². The van der Waals surface area contributed by atoms with Gasteiger partial charge in [0.1, 0.15) is 5.75 Å². The molecule has 35 heavy (non-hydrogen) atoms. The molecule has 1 heterocycles. The van der Waals surface area contributed by atoms with Gasteiger partial charge in [-0.2, -0.15) is 8.78 Å². The average molecular weight is 498 g/mol. The van der Waals surface area contributed by atoms with Gasteiger partial charge in [0.2, 0.25) is 34.8 Å². The number of hydrogen-bond donors (Lipinski definition) is 0. The van der Waals surface area contributed by atoms with Crippen molar-refractivity contribution >= 4 is 13.1 Å². The summed E-state index contributed by atoms with van der Waals surface area (Å²) in [7, 11) is 0.722. The first kappa shape index (κ1) is 26.7. The summed E-state index contributed by atoms with van der Waals surface area (Å²) in [5, 5.41) is 0. The number of ether oxygens (including phenoxy) is 2. The van der Waals surface area contributed by atoms with Crippen LogP contribution in [0.25, 0.3) is 0 Å². The van der Waals surface area contributed by atoms with E-state index in [4.69, 9.17) is 18.8 Å². The molecule has 2 aromatic carbocycles. The van der Waals surface area contributed by atoms with E-state index in [1.807, 2.05) is 27.7 Å². The van der Waals surface area contributed by atoms with Crippen molar-refractivity contribution in [2.75, 3.05) is 7.11 Å². The molecule has 0 saturated carbocycles. The largest absolute Gasteiger partial charge is 0.497 e. The Balaban J connectivity index is 1.87. The second-order valence-electron chi connectivity index (χ2n) is 8.93. The zero-order valence-electron chi connectivity index (χ0n) is 19.8. The monoisotopic (exact) mass is 498 g/mol. The standard InChI is InChI=1S/C24H24BF5O5/c1-23(2)24(3,4)35-25(34-23)12-6-7-15(13-8-10-14(32-5)11-9-13)22(31)33-21-19(29)17(27)16(26)18(28)20(21)30/h6,8-12,15H,7H2,1-5H3/b12-6+/t15-/m0/s1. The highest BCUT2D eigenvalue weighted by molar-refractivity contribution is 6.51. The van der Waals surface area contributed by atoms with Crippen LogP contribution in [0.3, 0.4) is 0 Å². The molecule has 0 radical (unpaired) electrons. The summed E-state index contributed by atoms with van der Waals surface area (Å²) in [4.78, 5) is 12.9. The molecular formula is C24H24BF5O5. The molecule has 0 aromatic heterocycles. The van der Waals surface area contributed by atoms with Gasteiger partial charge >= 0.3 is 13.1 Å². The molecule has 188 valence electrons. The van der Waals surface area contributed by atoms with Crippen LogP contribution in [0.5, 0.6) is 11.5 Å². The van der Waals surface area contributed by atoms with Gasteiger partial charge < -0.3 is 18.8 Å². The quantitative estimate of drug-likeness (QED) is 0.123. The molecule has 1 aliphatic heterocycles. The molecule has 0 spiro atoms. The van der Waals surface area contributed by atoms with Crippen molar-refractivity contribution in [2.24, 2.45) is 0 Å². The maximum absolute atomic E-state index is 14.1. The third kappa shape index (κ3) is 5.35. The molecule has 3 rings (SSSR count). The molecule has 1 fully saturated rings. The summed E-state index contributed by atoms with van der Waals surface area (Å²) in [6.45, 7) is 7.45. The van der Waals surface area contributed by atoms with Crippen LogP contribution in [-0.2, 0) is 14.1 Å². The minimum absolute atomic E-state index is 0.0510. The van der Waals surface area contributed by atoms with E-state index in [9.17, 15) is 26.7 Å². The third-order valence-corrected chi connectivity index (χ3v) is 6.11. The Morgan fingerprint density at radius 1 is 0.914 bits per heavy atom. The highest BCUT2D eigenvalue weighted by Gasteiger charge is 2.50. The minimum Gasteiger partial charge on any atom is -0.497 e. The molecule has 0 amide bonds. The second-order valence-corrected chi connectivity index (χ2v) is 8.93. The maximum atomic E-state index is 14.1. The van der Waals surface area contributed by atoms with E-state index in [1.165, 1.54) is 19.2 Å². The summed E-state index contributed by atoms with van der Waals surface area (Å²) in [6.07, 6.45) is 1.50. The van der Waals surface area contributed by atoms with Crippen molar-refractivity contribution < 1.29 is 45.5 Å². The Bertz CT molecular complexity index is 1090. The van der Waals surface area contributed by atoms with Gasteiger partial charge in [-0.3, -0.25) is 4.79 Å². The SMILES string of the molecule is COc1ccc([C@H](C/C=C/B2OC(C)(C)C(C)(C)O2)C(=O)Oc2c(F)c(F)c(F)c(F)c2F)cc1. The molecule has 1 atom stereocenters.